The van der Waals surface area contributed by atoms with Crippen molar-refractivity contribution in [3.05, 3.63) is 41.5 Å². The summed E-state index contributed by atoms with van der Waals surface area (Å²) in [4.78, 5) is 11.7. The number of allylic oxidation sites excluding steroid dienone is 1. The van der Waals surface area contributed by atoms with Gasteiger partial charge in [0.25, 0.3) is 10.1 Å². The van der Waals surface area contributed by atoms with Crippen LogP contribution in [0, 0.1) is 0 Å². The van der Waals surface area contributed by atoms with E-state index in [1.807, 2.05) is 24.3 Å². The minimum absolute atomic E-state index is 0.350. The van der Waals surface area contributed by atoms with Crippen LogP contribution in [0.1, 0.15) is 11.1 Å². The van der Waals surface area contributed by atoms with Gasteiger partial charge in [-0.2, -0.15) is 8.42 Å². The third kappa shape index (κ3) is 2.96. The molecule has 6 heteroatoms. The van der Waals surface area contributed by atoms with Gasteiger partial charge in [0.05, 0.1) is 5.57 Å². The Hall–Kier alpha value is -1.66. The van der Waals surface area contributed by atoms with Crippen molar-refractivity contribution in [2.24, 2.45) is 0 Å². The quantitative estimate of drug-likeness (QED) is 0.652. The smallest absolute Gasteiger partial charge is 0.338 e. The average Bonchev–Trinajstić information content (AvgIpc) is 2.70. The van der Waals surface area contributed by atoms with E-state index in [0.717, 1.165) is 11.1 Å². The highest BCUT2D eigenvalue weighted by Gasteiger charge is 2.21. The zero-order chi connectivity index (χ0) is 13.2. The normalized spacial score (nSPS) is 13.9. The molecule has 1 aromatic carbocycles. The predicted molar refractivity (Wildman–Crippen MR) is 65.5 cm³/mol. The minimum Gasteiger partial charge on any atom is -0.461 e. The van der Waals surface area contributed by atoms with E-state index in [4.69, 9.17) is 9.29 Å². The molecule has 0 atom stereocenters. The summed E-state index contributed by atoms with van der Waals surface area (Å²) in [5.74, 6) is -1.16. The first kappa shape index (κ1) is 12.8. The summed E-state index contributed by atoms with van der Waals surface area (Å²) >= 11 is 0. The number of hydrogen-bond acceptors (Lipinski definition) is 4. The summed E-state index contributed by atoms with van der Waals surface area (Å²) in [5.41, 5.74) is 2.30. The maximum Gasteiger partial charge on any atom is 0.338 e. The van der Waals surface area contributed by atoms with Gasteiger partial charge in [-0.3, -0.25) is 4.55 Å². The highest BCUT2D eigenvalue weighted by molar-refractivity contribution is 7.85. The van der Waals surface area contributed by atoms with E-state index in [0.29, 0.717) is 12.0 Å². The molecule has 5 nitrogen and oxygen atoms in total. The SMILES string of the molecule is O=C(OCCS(=O)(=O)O)C1=CCc2ccccc21. The average molecular weight is 268 g/mol. The van der Waals surface area contributed by atoms with Crippen molar-refractivity contribution in [1.29, 1.82) is 0 Å². The van der Waals surface area contributed by atoms with Crippen LogP contribution in [-0.2, 0) is 26.1 Å². The lowest BCUT2D eigenvalue weighted by atomic mass is 10.1. The lowest BCUT2D eigenvalue weighted by Crippen LogP contribution is -2.15. The monoisotopic (exact) mass is 268 g/mol. The van der Waals surface area contributed by atoms with Crippen LogP contribution in [0.3, 0.4) is 0 Å². The van der Waals surface area contributed by atoms with E-state index in [-0.39, 0.29) is 6.61 Å². The van der Waals surface area contributed by atoms with Crippen molar-refractivity contribution in [1.82, 2.24) is 0 Å². The number of ether oxygens (including phenoxy) is 1. The number of fused-ring (bicyclic) bond motifs is 1. The van der Waals surface area contributed by atoms with Crippen LogP contribution in [-0.4, -0.2) is 31.3 Å². The fourth-order valence-corrected chi connectivity index (χ4v) is 2.09. The van der Waals surface area contributed by atoms with Crippen LogP contribution in [0.25, 0.3) is 5.57 Å². The molecule has 0 radical (unpaired) electrons. The topological polar surface area (TPSA) is 80.7 Å². The standard InChI is InChI=1S/C12H12O5S/c13-12(17-7-8-18(14,15)16)11-6-5-9-3-1-2-4-10(9)11/h1-4,6H,5,7-8H2,(H,14,15,16). The first-order valence-corrected chi connectivity index (χ1v) is 6.99. The van der Waals surface area contributed by atoms with Crippen molar-refractivity contribution in [2.75, 3.05) is 12.4 Å². The van der Waals surface area contributed by atoms with Crippen molar-refractivity contribution in [3.8, 4) is 0 Å². The lowest BCUT2D eigenvalue weighted by Gasteiger charge is -2.06. The molecule has 0 amide bonds. The fraction of sp³-hybridized carbons (Fsp3) is 0.250. The summed E-state index contributed by atoms with van der Waals surface area (Å²) in [6.07, 6.45) is 2.42. The molecule has 0 spiro atoms. The van der Waals surface area contributed by atoms with Crippen LogP contribution in [0.15, 0.2) is 30.3 Å². The Morgan fingerprint density at radius 2 is 2.06 bits per heavy atom. The Morgan fingerprint density at radius 1 is 1.33 bits per heavy atom. The van der Waals surface area contributed by atoms with Crippen molar-refractivity contribution < 1.29 is 22.5 Å². The second-order valence-corrected chi connectivity index (χ2v) is 5.47. The van der Waals surface area contributed by atoms with Gasteiger partial charge in [-0.15, -0.1) is 0 Å². The van der Waals surface area contributed by atoms with Gasteiger partial charge in [0.15, 0.2) is 0 Å². The molecule has 2 rings (SSSR count). The lowest BCUT2D eigenvalue weighted by molar-refractivity contribution is -0.135. The van der Waals surface area contributed by atoms with Crippen LogP contribution >= 0.6 is 0 Å². The molecule has 96 valence electrons. The van der Waals surface area contributed by atoms with Crippen molar-refractivity contribution in [3.63, 3.8) is 0 Å². The Morgan fingerprint density at radius 3 is 2.78 bits per heavy atom. The van der Waals surface area contributed by atoms with Crippen LogP contribution in [0.5, 0.6) is 0 Å². The van der Waals surface area contributed by atoms with Gasteiger partial charge in [0.2, 0.25) is 0 Å². The summed E-state index contributed by atoms with van der Waals surface area (Å²) in [7, 11) is -4.10. The van der Waals surface area contributed by atoms with E-state index < -0.39 is 21.8 Å². The molecule has 0 saturated heterocycles. The number of carbonyl (C=O) groups is 1. The second-order valence-electron chi connectivity index (χ2n) is 3.90. The third-order valence-electron chi connectivity index (χ3n) is 2.63. The Kier molecular flexibility index (Phi) is 3.49. The third-order valence-corrected chi connectivity index (χ3v) is 3.31. The maximum atomic E-state index is 11.7. The molecule has 0 aromatic heterocycles. The number of esters is 1. The zero-order valence-corrected chi connectivity index (χ0v) is 10.3. The number of carbonyl (C=O) groups excluding carboxylic acids is 1. The molecule has 1 aliphatic rings. The van der Waals surface area contributed by atoms with Crippen molar-refractivity contribution in [2.45, 2.75) is 6.42 Å². The Labute approximate surface area is 105 Å². The summed E-state index contributed by atoms with van der Waals surface area (Å²) < 4.78 is 34.3. The first-order valence-electron chi connectivity index (χ1n) is 5.38. The minimum atomic E-state index is -4.10. The first-order chi connectivity index (χ1) is 8.47. The molecular formula is C12H12O5S. The second kappa shape index (κ2) is 4.91. The van der Waals surface area contributed by atoms with Gasteiger partial charge >= 0.3 is 5.97 Å². The van der Waals surface area contributed by atoms with Crippen molar-refractivity contribution >= 4 is 21.7 Å². The van der Waals surface area contributed by atoms with Crippen LogP contribution in [0.4, 0.5) is 0 Å². The van der Waals surface area contributed by atoms with E-state index in [2.05, 4.69) is 0 Å². The van der Waals surface area contributed by atoms with Gasteiger partial charge in [-0.1, -0.05) is 30.3 Å². The Bertz CT molecular complexity index is 601. The summed E-state index contributed by atoms with van der Waals surface area (Å²) in [6, 6.07) is 7.45. The van der Waals surface area contributed by atoms with Gasteiger partial charge in [0.1, 0.15) is 12.4 Å². The number of rotatable bonds is 4. The molecule has 0 unspecified atom stereocenters. The molecule has 0 fully saturated rings. The highest BCUT2D eigenvalue weighted by atomic mass is 32.2. The van der Waals surface area contributed by atoms with E-state index >= 15 is 0 Å². The van der Waals surface area contributed by atoms with Crippen LogP contribution in [0.2, 0.25) is 0 Å². The molecule has 0 aliphatic heterocycles. The molecular weight excluding hydrogens is 256 g/mol. The molecule has 1 aromatic rings. The van der Waals surface area contributed by atoms with E-state index in [1.165, 1.54) is 0 Å². The maximum absolute atomic E-state index is 11.7. The summed E-state index contributed by atoms with van der Waals surface area (Å²) in [6.45, 7) is -0.350. The molecule has 0 saturated carbocycles. The summed E-state index contributed by atoms with van der Waals surface area (Å²) in [5, 5.41) is 0. The van der Waals surface area contributed by atoms with Crippen LogP contribution < -0.4 is 0 Å². The largest absolute Gasteiger partial charge is 0.461 e. The zero-order valence-electron chi connectivity index (χ0n) is 9.50. The molecule has 18 heavy (non-hydrogen) atoms. The predicted octanol–water partition coefficient (Wildman–Crippen LogP) is 1.06. The molecule has 0 heterocycles. The Balaban J connectivity index is 2.00. The fourth-order valence-electron chi connectivity index (χ4n) is 1.79. The molecule has 1 N–H and O–H groups in total. The number of benzene rings is 1. The van der Waals surface area contributed by atoms with Gasteiger partial charge in [0, 0.05) is 0 Å². The van der Waals surface area contributed by atoms with E-state index in [1.54, 1.807) is 6.08 Å². The van der Waals surface area contributed by atoms with Gasteiger partial charge in [-0.25, -0.2) is 4.79 Å². The van der Waals surface area contributed by atoms with E-state index in [9.17, 15) is 13.2 Å². The molecule has 0 bridgehead atoms. The van der Waals surface area contributed by atoms with Gasteiger partial charge < -0.3 is 4.74 Å². The van der Waals surface area contributed by atoms with Gasteiger partial charge in [-0.05, 0) is 17.5 Å². The molecule has 1 aliphatic carbocycles. The number of hydrogen-bond donors (Lipinski definition) is 1. The highest BCUT2D eigenvalue weighted by Crippen LogP contribution is 2.27.